The van der Waals surface area contributed by atoms with Gasteiger partial charge in [-0.3, -0.25) is 9.88 Å². The van der Waals surface area contributed by atoms with E-state index in [1.165, 1.54) is 23.5 Å². The Balaban J connectivity index is 0.00000144. The minimum absolute atomic E-state index is 0. The van der Waals surface area contributed by atoms with Gasteiger partial charge in [0.25, 0.3) is 0 Å². The summed E-state index contributed by atoms with van der Waals surface area (Å²) < 4.78 is 5.45. The topological polar surface area (TPSA) is 53.5 Å². The summed E-state index contributed by atoms with van der Waals surface area (Å²) in [6, 6.07) is 5.43. The maximum atomic E-state index is 5.45. The van der Waals surface area contributed by atoms with Crippen molar-refractivity contribution in [3.63, 3.8) is 0 Å². The molecule has 0 spiro atoms. The molecule has 4 heterocycles. The van der Waals surface area contributed by atoms with E-state index >= 15 is 0 Å². The van der Waals surface area contributed by atoms with Crippen LogP contribution in [0.15, 0.2) is 18.3 Å². The number of anilines is 1. The molecule has 2 aliphatic heterocycles. The second kappa shape index (κ2) is 10.7. The van der Waals surface area contributed by atoms with Gasteiger partial charge in [0.1, 0.15) is 10.7 Å². The molecule has 0 radical (unpaired) electrons. The highest BCUT2D eigenvalue weighted by molar-refractivity contribution is 7.16. The van der Waals surface area contributed by atoms with E-state index in [1.54, 1.807) is 18.4 Å². The molecule has 1 atom stereocenters. The first-order valence-corrected chi connectivity index (χ1v) is 11.9. The lowest BCUT2D eigenvalue weighted by Crippen LogP contribution is -2.55. The molecule has 1 aliphatic carbocycles. The summed E-state index contributed by atoms with van der Waals surface area (Å²) in [7, 11) is 1.80. The van der Waals surface area contributed by atoms with Gasteiger partial charge in [-0.05, 0) is 31.4 Å². The normalized spacial score (nSPS) is 20.3. The van der Waals surface area contributed by atoms with Crippen LogP contribution in [0.3, 0.4) is 0 Å². The van der Waals surface area contributed by atoms with Crippen LogP contribution in [0.1, 0.15) is 49.7 Å². The molecule has 2 aromatic rings. The van der Waals surface area contributed by atoms with Gasteiger partial charge < -0.3 is 15.0 Å². The average Bonchev–Trinajstić information content (AvgIpc) is 3.53. The summed E-state index contributed by atoms with van der Waals surface area (Å²) in [6.07, 6.45) is 7.74. The summed E-state index contributed by atoms with van der Waals surface area (Å²) in [4.78, 5) is 15.2. The van der Waals surface area contributed by atoms with Crippen molar-refractivity contribution in [3.05, 3.63) is 39.6 Å². The minimum Gasteiger partial charge on any atom is -0.385 e. The molecule has 1 saturated heterocycles. The van der Waals surface area contributed by atoms with Gasteiger partial charge >= 0.3 is 0 Å². The van der Waals surface area contributed by atoms with Crippen molar-refractivity contribution in [2.45, 2.75) is 51.1 Å². The van der Waals surface area contributed by atoms with Crippen molar-refractivity contribution in [1.82, 2.24) is 19.8 Å². The Bertz CT molecular complexity index is 1040. The van der Waals surface area contributed by atoms with E-state index in [0.717, 1.165) is 60.0 Å². The highest BCUT2D eigenvalue weighted by atomic mass is 35.5. The molecular formula is C23H33Cl2N5OS. The Morgan fingerprint density at radius 2 is 2.06 bits per heavy atom. The lowest BCUT2D eigenvalue weighted by atomic mass is 10.1. The summed E-state index contributed by atoms with van der Waals surface area (Å²) in [5.41, 5.74) is 2.24. The molecule has 0 amide bonds. The number of hydrogen-bond donors (Lipinski definition) is 1. The number of ether oxygens (including phenoxy) is 1. The fraction of sp³-hybridized carbons (Fsp3) is 0.565. The maximum Gasteiger partial charge on any atom is 0.124 e. The predicted molar refractivity (Wildman–Crippen MR) is 136 cm³/mol. The van der Waals surface area contributed by atoms with Crippen molar-refractivity contribution in [1.29, 1.82) is 0 Å². The van der Waals surface area contributed by atoms with Crippen LogP contribution >= 0.6 is 36.2 Å². The summed E-state index contributed by atoms with van der Waals surface area (Å²) in [6.45, 7) is 8.34. The average molecular weight is 499 g/mol. The number of thiazole rings is 1. The number of pyridine rings is 1. The first-order valence-electron chi connectivity index (χ1n) is 11.1. The van der Waals surface area contributed by atoms with Gasteiger partial charge in [0.2, 0.25) is 0 Å². The number of methoxy groups -OCH3 is 1. The van der Waals surface area contributed by atoms with Gasteiger partial charge in [0, 0.05) is 69.0 Å². The van der Waals surface area contributed by atoms with E-state index in [0.29, 0.717) is 12.0 Å². The van der Waals surface area contributed by atoms with E-state index in [1.807, 2.05) is 12.3 Å². The van der Waals surface area contributed by atoms with Crippen LogP contribution in [0, 0.1) is 0 Å². The molecule has 6 nitrogen and oxygen atoms in total. The quantitative estimate of drug-likeness (QED) is 0.661. The summed E-state index contributed by atoms with van der Waals surface area (Å²) >= 11 is 1.77. The molecule has 0 aromatic carbocycles. The highest BCUT2D eigenvalue weighted by Gasteiger charge is 2.38. The fourth-order valence-electron chi connectivity index (χ4n) is 4.60. The zero-order chi connectivity index (χ0) is 20.7. The molecule has 2 aromatic heterocycles. The van der Waals surface area contributed by atoms with Crippen molar-refractivity contribution < 1.29 is 4.74 Å². The third-order valence-corrected chi connectivity index (χ3v) is 7.59. The van der Waals surface area contributed by atoms with Gasteiger partial charge in [-0.1, -0.05) is 13.8 Å². The van der Waals surface area contributed by atoms with Crippen molar-refractivity contribution in [2.24, 2.45) is 0 Å². The number of halogens is 2. The van der Waals surface area contributed by atoms with Crippen LogP contribution in [0.2, 0.25) is 0 Å². The summed E-state index contributed by atoms with van der Waals surface area (Å²) in [5.74, 6) is 0.411. The lowest BCUT2D eigenvalue weighted by Gasteiger charge is -2.43. The SMILES string of the molecule is COCCC1CN(C2=c3ncccc3=CNc3sc(C(C)C)nc32)CCN1C1CC1.Cl.Cl. The van der Waals surface area contributed by atoms with E-state index in [4.69, 9.17) is 14.7 Å². The third kappa shape index (κ3) is 4.92. The van der Waals surface area contributed by atoms with E-state index in [2.05, 4.69) is 41.2 Å². The van der Waals surface area contributed by atoms with Crippen molar-refractivity contribution >= 4 is 53.0 Å². The maximum absolute atomic E-state index is 5.45. The Morgan fingerprint density at radius 1 is 1.25 bits per heavy atom. The van der Waals surface area contributed by atoms with Crippen LogP contribution in [0.25, 0.3) is 11.9 Å². The Labute approximate surface area is 206 Å². The molecule has 2 fully saturated rings. The van der Waals surface area contributed by atoms with Crippen LogP contribution in [-0.2, 0) is 4.74 Å². The van der Waals surface area contributed by atoms with Gasteiger partial charge in [-0.25, -0.2) is 4.98 Å². The van der Waals surface area contributed by atoms with Crippen LogP contribution in [0.4, 0.5) is 5.00 Å². The number of rotatable bonds is 6. The number of nitrogens with one attached hydrogen (secondary N) is 1. The Hall–Kier alpha value is -1.38. The highest BCUT2D eigenvalue weighted by Crippen LogP contribution is 2.37. The predicted octanol–water partition coefficient (Wildman–Crippen LogP) is 3.01. The fourth-order valence-corrected chi connectivity index (χ4v) is 5.54. The molecular weight excluding hydrogens is 465 g/mol. The Kier molecular flexibility index (Phi) is 8.44. The van der Waals surface area contributed by atoms with Crippen LogP contribution in [0.5, 0.6) is 0 Å². The molecule has 1 N–H and O–H groups in total. The van der Waals surface area contributed by atoms with Crippen molar-refractivity contribution in [3.8, 4) is 0 Å². The molecule has 0 bridgehead atoms. The monoisotopic (exact) mass is 497 g/mol. The third-order valence-electron chi connectivity index (χ3n) is 6.30. The van der Waals surface area contributed by atoms with Gasteiger partial charge in [-0.2, -0.15) is 0 Å². The lowest BCUT2D eigenvalue weighted by molar-refractivity contribution is 0.0705. The molecule has 9 heteroatoms. The zero-order valence-corrected chi connectivity index (χ0v) is 21.4. The molecule has 3 aliphatic rings. The first kappa shape index (κ1) is 25.2. The molecule has 176 valence electrons. The van der Waals surface area contributed by atoms with Gasteiger partial charge in [0.15, 0.2) is 0 Å². The molecule has 1 saturated carbocycles. The zero-order valence-electron chi connectivity index (χ0n) is 18.9. The van der Waals surface area contributed by atoms with Crippen molar-refractivity contribution in [2.75, 3.05) is 38.7 Å². The largest absolute Gasteiger partial charge is 0.385 e. The molecule has 5 rings (SSSR count). The minimum atomic E-state index is 0. The number of nitrogens with zero attached hydrogens (tertiary/aromatic N) is 4. The molecule has 32 heavy (non-hydrogen) atoms. The first-order chi connectivity index (χ1) is 14.7. The van der Waals surface area contributed by atoms with E-state index < -0.39 is 0 Å². The van der Waals surface area contributed by atoms with Crippen LogP contribution in [-0.4, -0.2) is 65.2 Å². The summed E-state index contributed by atoms with van der Waals surface area (Å²) in [5, 5.41) is 7.99. The number of piperazine rings is 1. The number of fused-ring (bicyclic) bond motifs is 2. The van der Waals surface area contributed by atoms with Gasteiger partial charge in [-0.15, -0.1) is 36.2 Å². The standard InChI is InChI=1S/C23H31N5OS.2ClH/c1-15(2)22-26-20-21(19-16(5-4-9-24-19)13-25-23(20)30-22)27-10-11-28(17-6-7-17)18(14-27)8-12-29-3;;/h4-5,9,13,15,17-18,25H,6-8,10-12,14H2,1-3H3;2*1H. The molecule has 1 unspecified atom stereocenters. The number of aromatic nitrogens is 2. The number of hydrogen-bond acceptors (Lipinski definition) is 7. The van der Waals surface area contributed by atoms with Crippen LogP contribution < -0.4 is 15.9 Å². The Morgan fingerprint density at radius 3 is 2.78 bits per heavy atom. The van der Waals surface area contributed by atoms with Gasteiger partial charge in [0.05, 0.1) is 16.1 Å². The second-order valence-electron chi connectivity index (χ2n) is 8.81. The van der Waals surface area contributed by atoms with E-state index in [9.17, 15) is 0 Å². The smallest absolute Gasteiger partial charge is 0.124 e. The second-order valence-corrected chi connectivity index (χ2v) is 9.84. The van der Waals surface area contributed by atoms with E-state index in [-0.39, 0.29) is 24.8 Å².